The number of carboxylic acids is 3. The number of aliphatic carboxylic acids is 3. The third kappa shape index (κ3) is 16.2. The quantitative estimate of drug-likeness (QED) is 0.0454. The fraction of sp³-hybridized carbons (Fsp3) is 0.714. The van der Waals surface area contributed by atoms with Gasteiger partial charge in [0.1, 0.15) is 48.3 Å². The van der Waals surface area contributed by atoms with Crippen molar-refractivity contribution in [2.75, 3.05) is 26.2 Å². The third-order valence-electron chi connectivity index (χ3n) is 11.8. The number of amides is 9. The van der Waals surface area contributed by atoms with Crippen LogP contribution in [0, 0.1) is 5.92 Å². The van der Waals surface area contributed by atoms with Gasteiger partial charge < -0.3 is 67.7 Å². The van der Waals surface area contributed by atoms with Crippen molar-refractivity contribution in [3.05, 3.63) is 0 Å². The molecule has 3 fully saturated rings. The molecule has 9 unspecified atom stereocenters. The first kappa shape index (κ1) is 54.9. The molecule has 374 valence electrons. The maximum Gasteiger partial charge on any atom is 0.325 e. The molecule has 0 aromatic heterocycles. The Hall–Kier alpha value is -6.40. The molecule has 3 aliphatic heterocycles. The fourth-order valence-corrected chi connectivity index (χ4v) is 8.14. The molecule has 0 aromatic carbocycles. The molecule has 3 aliphatic rings. The second kappa shape index (κ2) is 25.5. The summed E-state index contributed by atoms with van der Waals surface area (Å²) in [6.07, 6.45) is 0.688. The molecule has 11 N–H and O–H groups in total. The summed E-state index contributed by atoms with van der Waals surface area (Å²) in [6.45, 7) is 7.39. The van der Waals surface area contributed by atoms with Crippen LogP contribution in [0.1, 0.15) is 105 Å². The van der Waals surface area contributed by atoms with E-state index in [1.807, 2.05) is 0 Å². The number of hydrogen-bond donors (Lipinski definition) is 10. The molecule has 25 nitrogen and oxygen atoms in total. The van der Waals surface area contributed by atoms with E-state index in [9.17, 15) is 67.7 Å². The Morgan fingerprint density at radius 2 is 1.07 bits per heavy atom. The fourth-order valence-electron chi connectivity index (χ4n) is 8.14. The van der Waals surface area contributed by atoms with Gasteiger partial charge in [-0.05, 0) is 84.5 Å². The second-order valence-corrected chi connectivity index (χ2v) is 17.6. The van der Waals surface area contributed by atoms with Crippen LogP contribution in [0.4, 0.5) is 0 Å². The predicted octanol–water partition coefficient (Wildman–Crippen LogP) is -3.25. The molecule has 9 atom stereocenters. The van der Waals surface area contributed by atoms with Gasteiger partial charge in [-0.25, -0.2) is 0 Å². The van der Waals surface area contributed by atoms with Crippen LogP contribution in [-0.4, -0.2) is 182 Å². The SMILES string of the molecule is CC(C)CC(NC(=O)C(N)CCC(=O)O)C(=O)NC(C)C(=O)NCC(=O)NC(C)C(=O)N1CCCC1C(=O)N1CCCC1C(=O)NC(CCC(=O)O)C(=O)N1CCCC1C(=O)NC(C)C(=O)O. The van der Waals surface area contributed by atoms with Crippen LogP contribution in [0.5, 0.6) is 0 Å². The van der Waals surface area contributed by atoms with E-state index in [1.165, 1.54) is 35.5 Å². The average Bonchev–Trinajstić information content (AvgIpc) is 4.07. The molecule has 67 heavy (non-hydrogen) atoms. The van der Waals surface area contributed by atoms with Gasteiger partial charge in [-0.2, -0.15) is 0 Å². The Bertz CT molecular complexity index is 1900. The van der Waals surface area contributed by atoms with Crippen LogP contribution in [0.15, 0.2) is 0 Å². The molecule has 25 heteroatoms. The number of nitrogens with one attached hydrogen (secondary N) is 6. The first-order chi connectivity index (χ1) is 31.4. The molecule has 0 spiro atoms. The number of nitrogens with two attached hydrogens (primary N) is 1. The summed E-state index contributed by atoms with van der Waals surface area (Å²) in [5.74, 6) is -10.1. The highest BCUT2D eigenvalue weighted by molar-refractivity contribution is 5.98. The van der Waals surface area contributed by atoms with Crippen molar-refractivity contribution in [1.29, 1.82) is 0 Å². The van der Waals surface area contributed by atoms with Crippen molar-refractivity contribution in [1.82, 2.24) is 46.6 Å². The lowest BCUT2D eigenvalue weighted by Gasteiger charge is -2.33. The van der Waals surface area contributed by atoms with E-state index in [-0.39, 0.29) is 70.5 Å². The lowest BCUT2D eigenvalue weighted by atomic mass is 10.0. The summed E-state index contributed by atoms with van der Waals surface area (Å²) in [4.78, 5) is 157. The normalized spacial score (nSPS) is 20.6. The minimum Gasteiger partial charge on any atom is -0.481 e. The van der Waals surface area contributed by atoms with Gasteiger partial charge in [-0.1, -0.05) is 13.8 Å². The minimum absolute atomic E-state index is 0.0748. The largest absolute Gasteiger partial charge is 0.481 e. The summed E-state index contributed by atoms with van der Waals surface area (Å²) >= 11 is 0. The second-order valence-electron chi connectivity index (χ2n) is 17.6. The average molecular weight is 951 g/mol. The minimum atomic E-state index is -1.39. The maximum absolute atomic E-state index is 14.1. The predicted molar refractivity (Wildman–Crippen MR) is 233 cm³/mol. The molecule has 9 amide bonds. The summed E-state index contributed by atoms with van der Waals surface area (Å²) in [6, 6.07) is -10.4. The van der Waals surface area contributed by atoms with Crippen LogP contribution < -0.4 is 37.6 Å². The Morgan fingerprint density at radius 1 is 0.552 bits per heavy atom. The standard InChI is InChI=1S/C42H66N10O15/c1-21(2)19-27(49-35(59)25(43)12-14-32(54)55)36(60)46-22(3)34(58)44-20-31(53)45-23(4)39(63)52-18-8-11-30(52)41(65)51-17-7-10-29(51)38(62)48-26(13-15-33(56)57)40(64)50-16-6-9-28(50)37(61)47-24(5)42(66)67/h21-30H,6-20,43H2,1-5H3,(H,44,58)(H,45,53)(H,46,60)(H,47,61)(H,48,62)(H,49,59)(H,54,55)(H,56,57)(H,66,67). The molecule has 0 saturated carbocycles. The van der Waals surface area contributed by atoms with Crippen molar-refractivity contribution in [2.24, 2.45) is 11.7 Å². The number of carbonyl (C=O) groups is 12. The Labute approximate surface area is 387 Å². The van der Waals surface area contributed by atoms with Crippen LogP contribution in [0.2, 0.25) is 0 Å². The Morgan fingerprint density at radius 3 is 1.64 bits per heavy atom. The number of hydrogen-bond acceptors (Lipinski definition) is 13. The van der Waals surface area contributed by atoms with E-state index in [0.29, 0.717) is 19.3 Å². The Kier molecular flexibility index (Phi) is 20.9. The first-order valence-electron chi connectivity index (χ1n) is 22.5. The Balaban J connectivity index is 1.59. The molecular weight excluding hydrogens is 885 g/mol. The smallest absolute Gasteiger partial charge is 0.325 e. The van der Waals surface area contributed by atoms with Crippen molar-refractivity contribution >= 4 is 71.1 Å². The highest BCUT2D eigenvalue weighted by Crippen LogP contribution is 2.26. The summed E-state index contributed by atoms with van der Waals surface area (Å²) in [7, 11) is 0. The van der Waals surface area contributed by atoms with Crippen molar-refractivity contribution in [3.8, 4) is 0 Å². The van der Waals surface area contributed by atoms with Gasteiger partial charge in [0.15, 0.2) is 0 Å². The molecule has 3 heterocycles. The van der Waals surface area contributed by atoms with Crippen LogP contribution in [0.3, 0.4) is 0 Å². The van der Waals surface area contributed by atoms with E-state index in [0.717, 1.165) is 0 Å². The molecular formula is C42H66N10O15. The molecule has 3 rings (SSSR count). The van der Waals surface area contributed by atoms with E-state index in [2.05, 4.69) is 31.9 Å². The summed E-state index contributed by atoms with van der Waals surface area (Å²) in [5, 5.41) is 42.3. The number of nitrogens with zero attached hydrogens (tertiary/aromatic N) is 3. The zero-order chi connectivity index (χ0) is 50.3. The zero-order valence-corrected chi connectivity index (χ0v) is 38.5. The van der Waals surface area contributed by atoms with Gasteiger partial charge in [-0.15, -0.1) is 0 Å². The molecule has 0 bridgehead atoms. The number of carboxylic acid groups (broad SMARTS) is 3. The van der Waals surface area contributed by atoms with E-state index < -0.39 is 138 Å². The van der Waals surface area contributed by atoms with Crippen molar-refractivity contribution in [3.63, 3.8) is 0 Å². The highest BCUT2D eigenvalue weighted by atomic mass is 16.4. The monoisotopic (exact) mass is 950 g/mol. The van der Waals surface area contributed by atoms with Crippen molar-refractivity contribution in [2.45, 2.75) is 160 Å². The van der Waals surface area contributed by atoms with Crippen molar-refractivity contribution < 1.29 is 72.9 Å². The number of rotatable bonds is 24. The molecule has 0 aliphatic carbocycles. The summed E-state index contributed by atoms with van der Waals surface area (Å²) < 4.78 is 0. The number of carbonyl (C=O) groups excluding carboxylic acids is 9. The van der Waals surface area contributed by atoms with Crippen LogP contribution in [-0.2, 0) is 57.5 Å². The topological polar surface area (TPSA) is 373 Å². The third-order valence-corrected chi connectivity index (χ3v) is 11.8. The summed E-state index contributed by atoms with van der Waals surface area (Å²) in [5.41, 5.74) is 5.78. The highest BCUT2D eigenvalue weighted by Gasteiger charge is 2.45. The van der Waals surface area contributed by atoms with Gasteiger partial charge >= 0.3 is 17.9 Å². The van der Waals surface area contributed by atoms with Crippen LogP contribution in [0.25, 0.3) is 0 Å². The van der Waals surface area contributed by atoms with Gasteiger partial charge in [-0.3, -0.25) is 57.5 Å². The van der Waals surface area contributed by atoms with Gasteiger partial charge in [0.05, 0.1) is 12.6 Å². The van der Waals surface area contributed by atoms with E-state index in [1.54, 1.807) is 13.8 Å². The first-order valence-corrected chi connectivity index (χ1v) is 22.5. The maximum atomic E-state index is 14.1. The molecule has 3 saturated heterocycles. The molecule has 0 radical (unpaired) electrons. The van der Waals surface area contributed by atoms with Gasteiger partial charge in [0.25, 0.3) is 0 Å². The van der Waals surface area contributed by atoms with Crippen LogP contribution >= 0.6 is 0 Å². The lowest BCUT2D eigenvalue weighted by Crippen LogP contribution is -2.58. The number of likely N-dealkylation sites (tertiary alicyclic amines) is 3. The van der Waals surface area contributed by atoms with Gasteiger partial charge in [0.2, 0.25) is 53.2 Å². The molecule has 0 aromatic rings. The van der Waals surface area contributed by atoms with E-state index in [4.69, 9.17) is 10.8 Å². The van der Waals surface area contributed by atoms with Gasteiger partial charge in [0, 0.05) is 32.5 Å². The lowest BCUT2D eigenvalue weighted by molar-refractivity contribution is -0.148. The zero-order valence-electron chi connectivity index (χ0n) is 38.5. The van der Waals surface area contributed by atoms with E-state index >= 15 is 0 Å².